The minimum Gasteiger partial charge on any atom is -0.469 e. The number of nitrogens with one attached hydrogen (secondary N) is 1. The molecule has 0 aliphatic carbocycles. The molecule has 0 bridgehead atoms. The summed E-state index contributed by atoms with van der Waals surface area (Å²) in [6, 6.07) is 0. The summed E-state index contributed by atoms with van der Waals surface area (Å²) in [6.07, 6.45) is 1.65. The van der Waals surface area contributed by atoms with E-state index in [1.807, 2.05) is 6.92 Å². The molecule has 7 nitrogen and oxygen atoms in total. The van der Waals surface area contributed by atoms with Crippen molar-refractivity contribution in [1.29, 1.82) is 0 Å². The molecule has 0 spiro atoms. The van der Waals surface area contributed by atoms with Gasteiger partial charge in [0.1, 0.15) is 17.3 Å². The lowest BCUT2D eigenvalue weighted by Crippen LogP contribution is -2.13. The number of fused-ring (bicyclic) bond motifs is 1. The lowest BCUT2D eigenvalue weighted by Gasteiger charge is -2.10. The number of ether oxygens (including phenoxy) is 1. The van der Waals surface area contributed by atoms with Crippen LogP contribution in [0.15, 0.2) is 6.33 Å². The van der Waals surface area contributed by atoms with Crippen LogP contribution in [0.25, 0.3) is 5.78 Å². The summed E-state index contributed by atoms with van der Waals surface area (Å²) in [5.41, 5.74) is 0.750. The average Bonchev–Trinajstić information content (AvgIpc) is 2.81. The van der Waals surface area contributed by atoms with Gasteiger partial charge in [-0.25, -0.2) is 0 Å². The standard InChI is InChI=1S/C10H12ClN5O2/c1-6-8(11)15-10-13-5-14-16(10)9(6)12-4-3-7(17)18-2/h5,12H,3-4H2,1-2H3. The maximum Gasteiger partial charge on any atom is 0.307 e. The van der Waals surface area contributed by atoms with Gasteiger partial charge in [-0.2, -0.15) is 19.6 Å². The van der Waals surface area contributed by atoms with Crippen LogP contribution in [0.4, 0.5) is 5.82 Å². The molecule has 0 aliphatic heterocycles. The van der Waals surface area contributed by atoms with Gasteiger partial charge in [0, 0.05) is 12.1 Å². The van der Waals surface area contributed by atoms with Crippen LogP contribution < -0.4 is 5.32 Å². The van der Waals surface area contributed by atoms with Crippen LogP contribution >= 0.6 is 11.6 Å². The Kier molecular flexibility index (Phi) is 3.61. The van der Waals surface area contributed by atoms with Crippen molar-refractivity contribution in [2.45, 2.75) is 13.3 Å². The first-order valence-corrected chi connectivity index (χ1v) is 5.67. The molecule has 0 aromatic carbocycles. The summed E-state index contributed by atoms with van der Waals surface area (Å²) in [7, 11) is 1.35. The fourth-order valence-electron chi connectivity index (χ4n) is 1.49. The summed E-state index contributed by atoms with van der Waals surface area (Å²) in [6.45, 7) is 2.24. The van der Waals surface area contributed by atoms with Crippen LogP contribution in [-0.2, 0) is 9.53 Å². The number of hydrogen-bond donors (Lipinski definition) is 1. The highest BCUT2D eigenvalue weighted by Crippen LogP contribution is 2.21. The largest absolute Gasteiger partial charge is 0.469 e. The quantitative estimate of drug-likeness (QED) is 0.660. The van der Waals surface area contributed by atoms with E-state index in [1.54, 1.807) is 4.52 Å². The molecule has 0 atom stereocenters. The van der Waals surface area contributed by atoms with Crippen LogP contribution in [-0.4, -0.2) is 39.2 Å². The fraction of sp³-hybridized carbons (Fsp3) is 0.400. The maximum atomic E-state index is 11.0. The Morgan fingerprint density at radius 3 is 3.11 bits per heavy atom. The van der Waals surface area contributed by atoms with Crippen molar-refractivity contribution in [3.8, 4) is 0 Å². The van der Waals surface area contributed by atoms with E-state index >= 15 is 0 Å². The van der Waals surface area contributed by atoms with E-state index in [2.05, 4.69) is 25.1 Å². The number of carbonyl (C=O) groups excluding carboxylic acids is 1. The number of halogens is 1. The number of carbonyl (C=O) groups is 1. The Labute approximate surface area is 108 Å². The van der Waals surface area contributed by atoms with Crippen LogP contribution in [0.5, 0.6) is 0 Å². The molecule has 8 heteroatoms. The Bertz CT molecular complexity index is 583. The van der Waals surface area contributed by atoms with Crippen molar-refractivity contribution < 1.29 is 9.53 Å². The Morgan fingerprint density at radius 2 is 2.39 bits per heavy atom. The highest BCUT2D eigenvalue weighted by atomic mass is 35.5. The second-order valence-corrected chi connectivity index (χ2v) is 3.96. The number of nitrogens with zero attached hydrogens (tertiary/aromatic N) is 4. The van der Waals surface area contributed by atoms with Gasteiger partial charge in [-0.05, 0) is 6.92 Å². The minimum atomic E-state index is -0.282. The highest BCUT2D eigenvalue weighted by molar-refractivity contribution is 6.30. The molecule has 2 aromatic heterocycles. The van der Waals surface area contributed by atoms with Gasteiger partial charge in [0.05, 0.1) is 13.5 Å². The van der Waals surface area contributed by atoms with E-state index in [1.165, 1.54) is 13.4 Å². The second-order valence-electron chi connectivity index (χ2n) is 3.60. The molecule has 2 heterocycles. The molecule has 0 fully saturated rings. The van der Waals surface area contributed by atoms with Crippen molar-refractivity contribution in [3.63, 3.8) is 0 Å². The van der Waals surface area contributed by atoms with Gasteiger partial charge in [0.2, 0.25) is 0 Å². The van der Waals surface area contributed by atoms with Crippen molar-refractivity contribution in [2.24, 2.45) is 0 Å². The number of aromatic nitrogens is 4. The van der Waals surface area contributed by atoms with Gasteiger partial charge in [0.15, 0.2) is 0 Å². The summed E-state index contributed by atoms with van der Waals surface area (Å²) in [5, 5.41) is 7.49. The van der Waals surface area contributed by atoms with E-state index in [0.717, 1.165) is 5.56 Å². The molecular formula is C10H12ClN5O2. The third-order valence-electron chi connectivity index (χ3n) is 2.45. The van der Waals surface area contributed by atoms with Gasteiger partial charge >= 0.3 is 5.97 Å². The molecule has 2 rings (SSSR count). The normalized spacial score (nSPS) is 10.6. The van der Waals surface area contributed by atoms with Gasteiger partial charge in [-0.15, -0.1) is 0 Å². The van der Waals surface area contributed by atoms with E-state index < -0.39 is 0 Å². The predicted octanol–water partition coefficient (Wildman–Crippen LogP) is 1.06. The summed E-state index contributed by atoms with van der Waals surface area (Å²) < 4.78 is 6.10. The number of methoxy groups -OCH3 is 1. The van der Waals surface area contributed by atoms with Gasteiger partial charge < -0.3 is 10.1 Å². The molecule has 96 valence electrons. The molecule has 0 amide bonds. The third-order valence-corrected chi connectivity index (χ3v) is 2.82. The van der Waals surface area contributed by atoms with Crippen LogP contribution in [0.2, 0.25) is 5.15 Å². The SMILES string of the molecule is COC(=O)CCNc1c(C)c(Cl)nc2ncnn12. The minimum absolute atomic E-state index is 0.256. The highest BCUT2D eigenvalue weighted by Gasteiger charge is 2.12. The molecule has 1 N–H and O–H groups in total. The van der Waals surface area contributed by atoms with Gasteiger partial charge in [0.25, 0.3) is 5.78 Å². The zero-order valence-electron chi connectivity index (χ0n) is 9.97. The predicted molar refractivity (Wildman–Crippen MR) is 65.7 cm³/mol. The first kappa shape index (κ1) is 12.6. The van der Waals surface area contributed by atoms with Crippen molar-refractivity contribution in [2.75, 3.05) is 19.0 Å². The molecule has 2 aromatic rings. The molecule has 0 unspecified atom stereocenters. The summed E-state index contributed by atoms with van der Waals surface area (Å²) >= 11 is 5.99. The first-order chi connectivity index (χ1) is 8.63. The van der Waals surface area contributed by atoms with Gasteiger partial charge in [-0.1, -0.05) is 11.6 Å². The lowest BCUT2D eigenvalue weighted by atomic mass is 10.3. The van der Waals surface area contributed by atoms with Crippen molar-refractivity contribution in [3.05, 3.63) is 17.0 Å². The molecule has 0 saturated heterocycles. The zero-order chi connectivity index (χ0) is 13.1. The third kappa shape index (κ3) is 2.35. The summed E-state index contributed by atoms with van der Waals surface area (Å²) in [4.78, 5) is 19.1. The van der Waals surface area contributed by atoms with E-state index in [4.69, 9.17) is 11.6 Å². The topological polar surface area (TPSA) is 81.4 Å². The lowest BCUT2D eigenvalue weighted by molar-refractivity contribution is -0.140. The molecule has 0 radical (unpaired) electrons. The Morgan fingerprint density at radius 1 is 1.61 bits per heavy atom. The number of hydrogen-bond acceptors (Lipinski definition) is 6. The summed E-state index contributed by atoms with van der Waals surface area (Å²) in [5.74, 6) is 0.799. The molecule has 0 aliphatic rings. The average molecular weight is 270 g/mol. The Hall–Kier alpha value is -1.89. The van der Waals surface area contributed by atoms with E-state index in [-0.39, 0.29) is 12.4 Å². The van der Waals surface area contributed by atoms with Crippen molar-refractivity contribution >= 4 is 29.2 Å². The Balaban J connectivity index is 2.23. The fourth-order valence-corrected chi connectivity index (χ4v) is 1.66. The number of anilines is 1. The number of rotatable bonds is 4. The smallest absolute Gasteiger partial charge is 0.307 e. The first-order valence-electron chi connectivity index (χ1n) is 5.30. The molecule has 18 heavy (non-hydrogen) atoms. The van der Waals surface area contributed by atoms with E-state index in [0.29, 0.717) is 23.3 Å². The van der Waals surface area contributed by atoms with Crippen molar-refractivity contribution in [1.82, 2.24) is 19.6 Å². The monoisotopic (exact) mass is 269 g/mol. The van der Waals surface area contributed by atoms with Crippen LogP contribution in [0.1, 0.15) is 12.0 Å². The zero-order valence-corrected chi connectivity index (χ0v) is 10.7. The second kappa shape index (κ2) is 5.18. The number of esters is 1. The van der Waals surface area contributed by atoms with Gasteiger partial charge in [-0.3, -0.25) is 4.79 Å². The maximum absolute atomic E-state index is 11.0. The van der Waals surface area contributed by atoms with Crippen LogP contribution in [0, 0.1) is 6.92 Å². The van der Waals surface area contributed by atoms with E-state index in [9.17, 15) is 4.79 Å². The molecular weight excluding hydrogens is 258 g/mol. The van der Waals surface area contributed by atoms with Crippen LogP contribution in [0.3, 0.4) is 0 Å². The molecule has 0 saturated carbocycles.